The molecular weight excluding hydrogens is 273 g/mol. The van der Waals surface area contributed by atoms with Crippen LogP contribution in [-0.2, 0) is 6.18 Å². The van der Waals surface area contributed by atoms with Gasteiger partial charge in [0.05, 0.1) is 5.56 Å². The first kappa shape index (κ1) is 14.3. The van der Waals surface area contributed by atoms with Gasteiger partial charge in [-0.05, 0) is 18.2 Å². The van der Waals surface area contributed by atoms with E-state index in [2.05, 4.69) is 5.16 Å². The fraction of sp³-hybridized carbons (Fsp3) is 0.417. The maximum Gasteiger partial charge on any atom is 0.416 e. The van der Waals surface area contributed by atoms with Gasteiger partial charge in [0.1, 0.15) is 0 Å². The summed E-state index contributed by atoms with van der Waals surface area (Å²) >= 11 is 0. The molecule has 1 saturated heterocycles. The average Bonchev–Trinajstić information content (AvgIpc) is 2.46. The van der Waals surface area contributed by atoms with E-state index in [9.17, 15) is 13.2 Å². The van der Waals surface area contributed by atoms with Crippen LogP contribution in [0.1, 0.15) is 5.56 Å². The molecule has 8 heteroatoms. The van der Waals surface area contributed by atoms with Crippen molar-refractivity contribution in [3.05, 3.63) is 29.8 Å². The van der Waals surface area contributed by atoms with Gasteiger partial charge in [0.2, 0.25) is 5.96 Å². The molecule has 110 valence electrons. The van der Waals surface area contributed by atoms with E-state index in [1.54, 1.807) is 11.0 Å². The zero-order valence-electron chi connectivity index (χ0n) is 10.6. The minimum Gasteiger partial charge on any atom is -0.408 e. The van der Waals surface area contributed by atoms with Gasteiger partial charge in [-0.1, -0.05) is 11.2 Å². The molecule has 1 aromatic carbocycles. The lowest BCUT2D eigenvalue weighted by Crippen LogP contribution is -2.51. The van der Waals surface area contributed by atoms with Crippen LogP contribution in [0.2, 0.25) is 0 Å². The monoisotopic (exact) mass is 288 g/mol. The molecule has 2 rings (SSSR count). The Kier molecular flexibility index (Phi) is 3.91. The number of anilines is 1. The van der Waals surface area contributed by atoms with Crippen molar-refractivity contribution in [3.8, 4) is 0 Å². The first-order valence-corrected chi connectivity index (χ1v) is 6.06. The van der Waals surface area contributed by atoms with Crippen molar-refractivity contribution in [1.82, 2.24) is 4.90 Å². The fourth-order valence-electron chi connectivity index (χ4n) is 2.14. The van der Waals surface area contributed by atoms with Crippen LogP contribution in [0.5, 0.6) is 0 Å². The van der Waals surface area contributed by atoms with E-state index in [4.69, 9.17) is 10.9 Å². The standard InChI is InChI=1S/C12H15F3N4O/c13-12(14,15)9-2-1-3-10(8-9)18-4-6-19(7-5-18)11(16)17-20/h1-3,8,20H,4-7H2,(H2,16,17). The second-order valence-electron chi connectivity index (χ2n) is 4.48. The van der Waals surface area contributed by atoms with Crippen molar-refractivity contribution >= 4 is 11.6 Å². The van der Waals surface area contributed by atoms with Gasteiger partial charge in [-0.2, -0.15) is 13.2 Å². The summed E-state index contributed by atoms with van der Waals surface area (Å²) in [6, 6.07) is 5.23. The van der Waals surface area contributed by atoms with E-state index >= 15 is 0 Å². The molecule has 0 spiro atoms. The van der Waals surface area contributed by atoms with Crippen molar-refractivity contribution < 1.29 is 18.4 Å². The Balaban J connectivity index is 2.08. The largest absolute Gasteiger partial charge is 0.416 e. The third-order valence-corrected chi connectivity index (χ3v) is 3.24. The van der Waals surface area contributed by atoms with Crippen LogP contribution in [0.25, 0.3) is 0 Å². The molecule has 0 atom stereocenters. The predicted octanol–water partition coefficient (Wildman–Crippen LogP) is 1.53. The normalized spacial score (nSPS) is 17.4. The van der Waals surface area contributed by atoms with Crippen LogP contribution >= 0.6 is 0 Å². The van der Waals surface area contributed by atoms with E-state index in [1.807, 2.05) is 4.90 Å². The number of benzene rings is 1. The number of rotatable bonds is 1. The lowest BCUT2D eigenvalue weighted by molar-refractivity contribution is -0.137. The Hall–Kier alpha value is -2.12. The number of nitrogens with two attached hydrogens (primary N) is 1. The van der Waals surface area contributed by atoms with Crippen molar-refractivity contribution in [1.29, 1.82) is 0 Å². The second-order valence-corrected chi connectivity index (χ2v) is 4.48. The quantitative estimate of drug-likeness (QED) is 0.356. The lowest BCUT2D eigenvalue weighted by Gasteiger charge is -2.36. The number of hydrogen-bond acceptors (Lipinski definition) is 3. The highest BCUT2D eigenvalue weighted by Gasteiger charge is 2.31. The molecular formula is C12H15F3N4O. The van der Waals surface area contributed by atoms with Gasteiger partial charge in [0.15, 0.2) is 0 Å². The maximum absolute atomic E-state index is 12.7. The molecule has 0 bridgehead atoms. The molecule has 1 heterocycles. The second kappa shape index (κ2) is 5.48. The highest BCUT2D eigenvalue weighted by molar-refractivity contribution is 5.77. The average molecular weight is 288 g/mol. The summed E-state index contributed by atoms with van der Waals surface area (Å²) in [6.45, 7) is 2.01. The van der Waals surface area contributed by atoms with Crippen LogP contribution in [0.4, 0.5) is 18.9 Å². The number of alkyl halides is 3. The lowest BCUT2D eigenvalue weighted by atomic mass is 10.1. The Morgan fingerprint density at radius 1 is 1.20 bits per heavy atom. The summed E-state index contributed by atoms with van der Waals surface area (Å²) in [5, 5.41) is 11.5. The van der Waals surface area contributed by atoms with Gasteiger partial charge in [-0.15, -0.1) is 0 Å². The highest BCUT2D eigenvalue weighted by Crippen LogP contribution is 2.31. The summed E-state index contributed by atoms with van der Waals surface area (Å²) in [7, 11) is 0. The molecule has 20 heavy (non-hydrogen) atoms. The summed E-state index contributed by atoms with van der Waals surface area (Å²) in [5.74, 6) is 0.0219. The van der Waals surface area contributed by atoms with Crippen molar-refractivity contribution in [3.63, 3.8) is 0 Å². The zero-order valence-corrected chi connectivity index (χ0v) is 10.6. The number of piperazine rings is 1. The summed E-state index contributed by atoms with van der Waals surface area (Å²) in [4.78, 5) is 3.51. The highest BCUT2D eigenvalue weighted by atomic mass is 19.4. The van der Waals surface area contributed by atoms with Crippen LogP contribution in [-0.4, -0.2) is 42.2 Å². The van der Waals surface area contributed by atoms with E-state index in [1.165, 1.54) is 6.07 Å². The van der Waals surface area contributed by atoms with Gasteiger partial charge in [-0.25, -0.2) is 0 Å². The first-order valence-electron chi connectivity index (χ1n) is 6.06. The molecule has 0 aliphatic carbocycles. The smallest absolute Gasteiger partial charge is 0.408 e. The minimum atomic E-state index is -4.34. The van der Waals surface area contributed by atoms with Crippen LogP contribution in [0.3, 0.4) is 0 Å². The Bertz CT molecular complexity index is 496. The van der Waals surface area contributed by atoms with Crippen molar-refractivity contribution in [2.24, 2.45) is 10.9 Å². The van der Waals surface area contributed by atoms with Gasteiger partial charge < -0.3 is 20.7 Å². The summed E-state index contributed by atoms with van der Waals surface area (Å²) in [5.41, 5.74) is 5.34. The Morgan fingerprint density at radius 3 is 2.40 bits per heavy atom. The van der Waals surface area contributed by atoms with Crippen molar-refractivity contribution in [2.45, 2.75) is 6.18 Å². The summed E-state index contributed by atoms with van der Waals surface area (Å²) in [6.07, 6.45) is -4.34. The molecule has 3 N–H and O–H groups in total. The Morgan fingerprint density at radius 2 is 1.85 bits per heavy atom. The van der Waals surface area contributed by atoms with E-state index < -0.39 is 11.7 Å². The molecule has 0 aromatic heterocycles. The van der Waals surface area contributed by atoms with Crippen LogP contribution in [0, 0.1) is 0 Å². The number of hydrogen-bond donors (Lipinski definition) is 2. The molecule has 5 nitrogen and oxygen atoms in total. The fourth-order valence-corrected chi connectivity index (χ4v) is 2.14. The van der Waals surface area contributed by atoms with E-state index in [0.717, 1.165) is 12.1 Å². The van der Waals surface area contributed by atoms with E-state index in [0.29, 0.717) is 31.9 Å². The minimum absolute atomic E-state index is 0.0219. The number of halogens is 3. The van der Waals surface area contributed by atoms with Crippen molar-refractivity contribution in [2.75, 3.05) is 31.1 Å². The maximum atomic E-state index is 12.7. The number of guanidine groups is 1. The molecule has 0 saturated carbocycles. The molecule has 0 amide bonds. The SMILES string of the molecule is NC(=NO)N1CCN(c2cccc(C(F)(F)F)c2)CC1. The first-order chi connectivity index (χ1) is 9.41. The van der Waals surface area contributed by atoms with Crippen LogP contribution < -0.4 is 10.6 Å². The molecule has 1 fully saturated rings. The molecule has 0 unspecified atom stereocenters. The predicted molar refractivity (Wildman–Crippen MR) is 68.6 cm³/mol. The van der Waals surface area contributed by atoms with Gasteiger partial charge in [-0.3, -0.25) is 0 Å². The zero-order chi connectivity index (χ0) is 14.8. The number of nitrogens with zero attached hydrogens (tertiary/aromatic N) is 3. The summed E-state index contributed by atoms with van der Waals surface area (Å²) < 4.78 is 38.0. The molecule has 1 aliphatic heterocycles. The van der Waals surface area contributed by atoms with Gasteiger partial charge >= 0.3 is 6.18 Å². The van der Waals surface area contributed by atoms with Gasteiger partial charge in [0.25, 0.3) is 0 Å². The van der Waals surface area contributed by atoms with Crippen LogP contribution in [0.15, 0.2) is 29.4 Å². The molecule has 1 aromatic rings. The third kappa shape index (κ3) is 3.06. The molecule has 1 aliphatic rings. The van der Waals surface area contributed by atoms with E-state index in [-0.39, 0.29) is 5.96 Å². The number of oxime groups is 1. The third-order valence-electron chi connectivity index (χ3n) is 3.24. The van der Waals surface area contributed by atoms with Gasteiger partial charge in [0, 0.05) is 31.9 Å². The topological polar surface area (TPSA) is 65.1 Å². The molecule has 0 radical (unpaired) electrons. The Labute approximate surface area is 114 Å².